The fourth-order valence-electron chi connectivity index (χ4n) is 2.46. The van der Waals surface area contributed by atoms with Crippen LogP contribution in [0, 0.1) is 0 Å². The van der Waals surface area contributed by atoms with Crippen molar-refractivity contribution in [1.29, 1.82) is 0 Å². The summed E-state index contributed by atoms with van der Waals surface area (Å²) in [5.74, 6) is 0.548. The van der Waals surface area contributed by atoms with Gasteiger partial charge in [0.1, 0.15) is 11.5 Å². The van der Waals surface area contributed by atoms with Crippen LogP contribution in [0.25, 0.3) is 11.0 Å². The first kappa shape index (κ1) is 19.9. The van der Waals surface area contributed by atoms with E-state index in [0.29, 0.717) is 17.5 Å². The molecule has 3 rings (SSSR count). The molecule has 1 atom stereocenters. The lowest BCUT2D eigenvalue weighted by molar-refractivity contribution is -0.115. The van der Waals surface area contributed by atoms with E-state index < -0.39 is 11.9 Å². The summed E-state index contributed by atoms with van der Waals surface area (Å²) in [6.45, 7) is 1.36. The highest BCUT2D eigenvalue weighted by Crippen LogP contribution is 2.27. The fraction of sp³-hybridized carbons (Fsp3) is 0.263. The van der Waals surface area contributed by atoms with Gasteiger partial charge in [-0.25, -0.2) is 4.98 Å². The molecule has 0 aliphatic rings. The number of hydrogen-bond acceptors (Lipinski definition) is 5. The topological polar surface area (TPSA) is 76.2 Å². The third-order valence-electron chi connectivity index (χ3n) is 3.75. The van der Waals surface area contributed by atoms with Crippen LogP contribution in [0.2, 0.25) is 0 Å². The molecule has 0 bridgehead atoms. The predicted octanol–water partition coefficient (Wildman–Crippen LogP) is 4.68. The van der Waals surface area contributed by atoms with Crippen LogP contribution >= 0.6 is 11.8 Å². The van der Waals surface area contributed by atoms with Crippen LogP contribution in [0.4, 0.5) is 14.5 Å². The Labute approximate surface area is 164 Å². The molecule has 2 aromatic carbocycles. The molecule has 1 unspecified atom stereocenters. The van der Waals surface area contributed by atoms with E-state index in [1.807, 2.05) is 25.1 Å². The minimum Gasteiger partial charge on any atom is -0.494 e. The monoisotopic (exact) mass is 407 g/mol. The number of imidazole rings is 1. The molecule has 28 heavy (non-hydrogen) atoms. The normalized spacial score (nSPS) is 12.2. The largest absolute Gasteiger partial charge is 0.494 e. The van der Waals surface area contributed by atoms with Crippen molar-refractivity contribution in [3.8, 4) is 11.5 Å². The number of ether oxygens (including phenoxy) is 2. The number of alkyl halides is 2. The van der Waals surface area contributed by atoms with Gasteiger partial charge in [-0.15, -0.1) is 0 Å². The Bertz CT molecular complexity index is 947. The lowest BCUT2D eigenvalue weighted by Gasteiger charge is -2.11. The zero-order valence-corrected chi connectivity index (χ0v) is 16.1. The van der Waals surface area contributed by atoms with E-state index in [1.54, 1.807) is 6.92 Å². The molecule has 0 radical (unpaired) electrons. The van der Waals surface area contributed by atoms with Crippen LogP contribution in [0.1, 0.15) is 13.8 Å². The Morgan fingerprint density at radius 3 is 2.61 bits per heavy atom. The third-order valence-corrected chi connectivity index (χ3v) is 4.73. The molecule has 1 amide bonds. The van der Waals surface area contributed by atoms with Crippen molar-refractivity contribution >= 4 is 34.4 Å². The number of nitrogens with zero attached hydrogens (tertiary/aromatic N) is 1. The molecule has 0 saturated carbocycles. The maximum Gasteiger partial charge on any atom is 0.387 e. The molecule has 0 saturated heterocycles. The number of amides is 1. The van der Waals surface area contributed by atoms with Crippen LogP contribution in [0.15, 0.2) is 47.6 Å². The van der Waals surface area contributed by atoms with Gasteiger partial charge in [-0.3, -0.25) is 4.79 Å². The number of aromatic nitrogens is 2. The highest BCUT2D eigenvalue weighted by Gasteiger charge is 2.17. The van der Waals surface area contributed by atoms with E-state index in [2.05, 4.69) is 20.0 Å². The van der Waals surface area contributed by atoms with Crippen molar-refractivity contribution in [2.75, 3.05) is 11.9 Å². The number of hydrogen-bond donors (Lipinski definition) is 2. The summed E-state index contributed by atoms with van der Waals surface area (Å²) in [5.41, 5.74) is 2.11. The lowest BCUT2D eigenvalue weighted by atomic mass is 10.3. The fourth-order valence-corrected chi connectivity index (χ4v) is 3.28. The van der Waals surface area contributed by atoms with Crippen molar-refractivity contribution in [2.45, 2.75) is 30.9 Å². The van der Waals surface area contributed by atoms with Crippen molar-refractivity contribution in [3.63, 3.8) is 0 Å². The van der Waals surface area contributed by atoms with Gasteiger partial charge in [-0.1, -0.05) is 11.8 Å². The zero-order chi connectivity index (χ0) is 20.1. The molecule has 2 N–H and O–H groups in total. The molecular weight excluding hydrogens is 388 g/mol. The van der Waals surface area contributed by atoms with Crippen LogP contribution in [0.5, 0.6) is 11.5 Å². The summed E-state index contributed by atoms with van der Waals surface area (Å²) in [5, 5.41) is 2.93. The average Bonchev–Trinajstić information content (AvgIpc) is 3.04. The quantitative estimate of drug-likeness (QED) is 0.530. The first-order valence-corrected chi connectivity index (χ1v) is 9.47. The van der Waals surface area contributed by atoms with Crippen molar-refractivity contribution in [2.24, 2.45) is 0 Å². The van der Waals surface area contributed by atoms with Gasteiger partial charge in [0, 0.05) is 11.8 Å². The summed E-state index contributed by atoms with van der Waals surface area (Å²) >= 11 is 1.28. The van der Waals surface area contributed by atoms with Crippen molar-refractivity contribution < 1.29 is 23.0 Å². The number of halogens is 2. The Morgan fingerprint density at radius 2 is 1.93 bits per heavy atom. The Hall–Kier alpha value is -2.81. The minimum atomic E-state index is -2.88. The number of thioether (sulfide) groups is 1. The van der Waals surface area contributed by atoms with E-state index in [4.69, 9.17) is 4.74 Å². The third kappa shape index (κ3) is 5.13. The molecule has 0 spiro atoms. The molecule has 6 nitrogen and oxygen atoms in total. The molecule has 0 aliphatic heterocycles. The van der Waals surface area contributed by atoms with E-state index in [0.717, 1.165) is 16.8 Å². The first-order valence-electron chi connectivity index (χ1n) is 8.59. The van der Waals surface area contributed by atoms with Gasteiger partial charge in [0.15, 0.2) is 5.16 Å². The highest BCUT2D eigenvalue weighted by molar-refractivity contribution is 8.00. The summed E-state index contributed by atoms with van der Waals surface area (Å²) in [7, 11) is 0. The molecular formula is C19H19F2N3O3S. The van der Waals surface area contributed by atoms with Crippen LogP contribution < -0.4 is 14.8 Å². The molecule has 0 aliphatic carbocycles. The second-order valence-corrected chi connectivity index (χ2v) is 7.14. The smallest absolute Gasteiger partial charge is 0.387 e. The van der Waals surface area contributed by atoms with Gasteiger partial charge in [0.25, 0.3) is 0 Å². The van der Waals surface area contributed by atoms with E-state index >= 15 is 0 Å². The summed E-state index contributed by atoms with van der Waals surface area (Å²) < 4.78 is 34.1. The number of nitrogens with one attached hydrogen (secondary N) is 2. The minimum absolute atomic E-state index is 0.0316. The van der Waals surface area contributed by atoms with Crippen molar-refractivity contribution in [3.05, 3.63) is 42.5 Å². The van der Waals surface area contributed by atoms with Crippen LogP contribution in [0.3, 0.4) is 0 Å². The highest BCUT2D eigenvalue weighted by atomic mass is 32.2. The summed E-state index contributed by atoms with van der Waals surface area (Å²) in [6, 6.07) is 11.3. The SMILES string of the molecule is CCOc1ccc2nc(SC(C)C(=O)Nc3ccc(OC(F)F)cc3)[nH]c2c1. The number of aromatic amines is 1. The maximum absolute atomic E-state index is 12.4. The summed E-state index contributed by atoms with van der Waals surface area (Å²) in [4.78, 5) is 20.0. The lowest BCUT2D eigenvalue weighted by Crippen LogP contribution is -2.22. The first-order chi connectivity index (χ1) is 13.4. The molecule has 9 heteroatoms. The van der Waals surface area contributed by atoms with Crippen LogP contribution in [-0.4, -0.2) is 34.3 Å². The van der Waals surface area contributed by atoms with Gasteiger partial charge in [0.2, 0.25) is 5.91 Å². The standard InChI is InChI=1S/C19H19F2N3O3S/c1-3-26-14-8-9-15-16(10-14)24-19(23-15)28-11(2)17(25)22-12-4-6-13(7-5-12)27-18(20)21/h4-11,18H,3H2,1-2H3,(H,22,25)(H,23,24). The zero-order valence-electron chi connectivity index (χ0n) is 15.2. The van der Waals surface area contributed by atoms with Gasteiger partial charge in [0.05, 0.1) is 22.9 Å². The van der Waals surface area contributed by atoms with E-state index in [9.17, 15) is 13.6 Å². The predicted molar refractivity (Wildman–Crippen MR) is 104 cm³/mol. The van der Waals surface area contributed by atoms with Crippen molar-refractivity contribution in [1.82, 2.24) is 9.97 Å². The van der Waals surface area contributed by atoms with Gasteiger partial charge in [-0.05, 0) is 50.2 Å². The molecule has 3 aromatic rings. The van der Waals surface area contributed by atoms with Gasteiger partial charge >= 0.3 is 6.61 Å². The maximum atomic E-state index is 12.4. The van der Waals surface area contributed by atoms with Gasteiger partial charge in [-0.2, -0.15) is 8.78 Å². The molecule has 1 aromatic heterocycles. The molecule has 0 fully saturated rings. The average molecular weight is 407 g/mol. The van der Waals surface area contributed by atoms with Crippen LogP contribution in [-0.2, 0) is 4.79 Å². The second kappa shape index (κ2) is 8.92. The van der Waals surface area contributed by atoms with E-state index in [1.165, 1.54) is 36.0 Å². The summed E-state index contributed by atoms with van der Waals surface area (Å²) in [6.07, 6.45) is 0. The number of benzene rings is 2. The number of rotatable bonds is 8. The number of anilines is 1. The Kier molecular flexibility index (Phi) is 6.35. The second-order valence-electron chi connectivity index (χ2n) is 5.81. The number of H-pyrrole nitrogens is 1. The molecule has 1 heterocycles. The molecule has 148 valence electrons. The number of fused-ring (bicyclic) bond motifs is 1. The Morgan fingerprint density at radius 1 is 1.21 bits per heavy atom. The number of carbonyl (C=O) groups excluding carboxylic acids is 1. The Balaban J connectivity index is 1.61. The van der Waals surface area contributed by atoms with Gasteiger partial charge < -0.3 is 19.8 Å². The number of carbonyl (C=O) groups is 1. The van der Waals surface area contributed by atoms with E-state index in [-0.39, 0.29) is 11.7 Å².